The lowest BCUT2D eigenvalue weighted by Gasteiger charge is -2.23. The Bertz CT molecular complexity index is 1100. The van der Waals surface area contributed by atoms with Crippen LogP contribution in [0.3, 0.4) is 0 Å². The van der Waals surface area contributed by atoms with E-state index in [9.17, 15) is 10.1 Å². The molecular formula is C23H23N7O. The molecule has 2 N–H and O–H groups in total. The molecular weight excluding hydrogens is 390 g/mol. The van der Waals surface area contributed by atoms with Crippen LogP contribution in [0, 0.1) is 17.2 Å². The summed E-state index contributed by atoms with van der Waals surface area (Å²) in [7, 11) is 0. The second kappa shape index (κ2) is 8.28. The molecule has 3 aromatic rings. The van der Waals surface area contributed by atoms with E-state index in [0.717, 1.165) is 41.8 Å². The number of carbonyl (C=O) groups is 1. The highest BCUT2D eigenvalue weighted by molar-refractivity contribution is 5.83. The van der Waals surface area contributed by atoms with Crippen LogP contribution in [-0.2, 0) is 11.2 Å². The number of carbonyl (C=O) groups excluding carboxylic acids is 1. The van der Waals surface area contributed by atoms with Crippen LogP contribution in [0.4, 0.5) is 0 Å². The molecule has 2 bridgehead atoms. The van der Waals surface area contributed by atoms with Gasteiger partial charge in [0.05, 0.1) is 24.0 Å². The highest BCUT2D eigenvalue weighted by atomic mass is 16.2. The van der Waals surface area contributed by atoms with Crippen molar-refractivity contribution in [3.05, 3.63) is 60.6 Å². The van der Waals surface area contributed by atoms with Gasteiger partial charge >= 0.3 is 0 Å². The van der Waals surface area contributed by atoms with Gasteiger partial charge in [-0.2, -0.15) is 5.26 Å². The summed E-state index contributed by atoms with van der Waals surface area (Å²) < 4.78 is 1.71. The van der Waals surface area contributed by atoms with Crippen LogP contribution in [-0.4, -0.2) is 44.0 Å². The van der Waals surface area contributed by atoms with Gasteiger partial charge in [0.25, 0.3) is 0 Å². The minimum Gasteiger partial charge on any atom is -0.339 e. The van der Waals surface area contributed by atoms with Crippen molar-refractivity contribution in [2.75, 3.05) is 0 Å². The maximum absolute atomic E-state index is 12.6. The van der Waals surface area contributed by atoms with Gasteiger partial charge in [-0.25, -0.2) is 4.68 Å². The van der Waals surface area contributed by atoms with Crippen molar-refractivity contribution in [3.8, 4) is 23.0 Å². The largest absolute Gasteiger partial charge is 0.339 e. The first-order valence-electron chi connectivity index (χ1n) is 10.6. The second-order valence-corrected chi connectivity index (χ2v) is 8.26. The predicted molar refractivity (Wildman–Crippen MR) is 114 cm³/mol. The summed E-state index contributed by atoms with van der Waals surface area (Å²) in [5.41, 5.74) is 3.58. The Morgan fingerprint density at radius 2 is 2.03 bits per heavy atom. The van der Waals surface area contributed by atoms with E-state index in [0.29, 0.717) is 18.4 Å². The molecule has 8 heteroatoms. The van der Waals surface area contributed by atoms with Gasteiger partial charge in [-0.05, 0) is 55.0 Å². The van der Waals surface area contributed by atoms with Crippen molar-refractivity contribution < 1.29 is 4.79 Å². The first-order valence-corrected chi connectivity index (χ1v) is 10.6. The van der Waals surface area contributed by atoms with Crippen LogP contribution in [0.15, 0.2) is 55.0 Å². The zero-order valence-corrected chi connectivity index (χ0v) is 17.0. The fourth-order valence-corrected chi connectivity index (χ4v) is 4.61. The van der Waals surface area contributed by atoms with E-state index in [1.54, 1.807) is 17.1 Å². The average Bonchev–Trinajstić information content (AvgIpc) is 3.57. The third-order valence-corrected chi connectivity index (χ3v) is 6.22. The van der Waals surface area contributed by atoms with E-state index in [-0.39, 0.29) is 11.9 Å². The van der Waals surface area contributed by atoms with Gasteiger partial charge in [0.15, 0.2) is 0 Å². The van der Waals surface area contributed by atoms with Gasteiger partial charge in [-0.3, -0.25) is 9.78 Å². The van der Waals surface area contributed by atoms with Crippen LogP contribution in [0.25, 0.3) is 16.9 Å². The molecule has 4 atom stereocenters. The lowest BCUT2D eigenvalue weighted by molar-refractivity contribution is -0.124. The summed E-state index contributed by atoms with van der Waals surface area (Å²) in [6.07, 6.45) is 9.09. The number of hydrogen-bond donors (Lipinski definition) is 2. The molecule has 5 rings (SSSR count). The molecule has 3 heterocycles. The minimum atomic E-state index is -0.552. The Labute approximate surface area is 180 Å². The quantitative estimate of drug-likeness (QED) is 0.640. The summed E-state index contributed by atoms with van der Waals surface area (Å²) in [5, 5.41) is 24.3. The summed E-state index contributed by atoms with van der Waals surface area (Å²) in [6, 6.07) is 13.5. The fraction of sp³-hybridized carbons (Fsp3) is 0.348. The number of amides is 1. The average molecular weight is 413 g/mol. The van der Waals surface area contributed by atoms with Gasteiger partial charge in [-0.1, -0.05) is 17.3 Å². The van der Waals surface area contributed by atoms with Crippen LogP contribution in [0.2, 0.25) is 0 Å². The minimum absolute atomic E-state index is 0.0540. The van der Waals surface area contributed by atoms with Crippen LogP contribution < -0.4 is 10.6 Å². The lowest BCUT2D eigenvalue weighted by Crippen LogP contribution is -2.50. The van der Waals surface area contributed by atoms with Gasteiger partial charge in [0.2, 0.25) is 5.91 Å². The third kappa shape index (κ3) is 4.05. The summed E-state index contributed by atoms with van der Waals surface area (Å²) in [6.45, 7) is 0. The van der Waals surface area contributed by atoms with Gasteiger partial charge in [-0.15, -0.1) is 5.10 Å². The SMILES string of the molecule is N#C[C@H](Cc1ccc(-n2cc(-c3ccncc3)nn2)cc1)NC(=O)[C@H]1NC2CCC1C2. The number of nitriles is 1. The molecule has 1 aliphatic heterocycles. The van der Waals surface area contributed by atoms with Crippen molar-refractivity contribution in [2.24, 2.45) is 5.92 Å². The Kier molecular flexibility index (Phi) is 5.18. The van der Waals surface area contributed by atoms with Crippen LogP contribution in [0.1, 0.15) is 24.8 Å². The fourth-order valence-electron chi connectivity index (χ4n) is 4.61. The molecule has 2 aliphatic rings. The number of fused-ring (bicyclic) bond motifs is 2. The van der Waals surface area contributed by atoms with Gasteiger partial charge < -0.3 is 10.6 Å². The zero-order chi connectivity index (χ0) is 21.2. The number of benzene rings is 1. The monoisotopic (exact) mass is 413 g/mol. The van der Waals surface area contributed by atoms with E-state index in [1.165, 1.54) is 0 Å². The number of aromatic nitrogens is 4. The third-order valence-electron chi connectivity index (χ3n) is 6.22. The first-order chi connectivity index (χ1) is 15.2. The number of piperidine rings is 1. The van der Waals surface area contributed by atoms with Gasteiger partial charge in [0, 0.05) is 30.4 Å². The molecule has 1 aromatic carbocycles. The van der Waals surface area contributed by atoms with Crippen molar-refractivity contribution in [3.63, 3.8) is 0 Å². The molecule has 1 amide bonds. The number of rotatable bonds is 6. The first kappa shape index (κ1) is 19.4. The van der Waals surface area contributed by atoms with Crippen molar-refractivity contribution in [2.45, 2.75) is 43.8 Å². The molecule has 0 radical (unpaired) electrons. The van der Waals surface area contributed by atoms with Crippen molar-refractivity contribution in [1.29, 1.82) is 5.26 Å². The van der Waals surface area contributed by atoms with E-state index >= 15 is 0 Å². The van der Waals surface area contributed by atoms with Crippen LogP contribution in [0.5, 0.6) is 0 Å². The number of nitrogens with one attached hydrogen (secondary N) is 2. The topological polar surface area (TPSA) is 109 Å². The molecule has 0 spiro atoms. The molecule has 2 unspecified atom stereocenters. The second-order valence-electron chi connectivity index (χ2n) is 8.26. The van der Waals surface area contributed by atoms with Gasteiger partial charge in [0.1, 0.15) is 11.7 Å². The number of nitrogens with zero attached hydrogens (tertiary/aromatic N) is 5. The number of pyridine rings is 1. The summed E-state index contributed by atoms with van der Waals surface area (Å²) in [5.74, 6) is 0.352. The Balaban J connectivity index is 1.22. The normalized spacial score (nSPS) is 22.7. The Morgan fingerprint density at radius 3 is 2.71 bits per heavy atom. The standard InChI is InChI=1S/C23H23N7O/c24-13-19(27-23(31)22-17-3-4-18(12-17)26-22)11-15-1-5-20(6-2-15)30-14-21(28-29-30)16-7-9-25-10-8-16/h1-2,5-10,14,17-19,22,26H,3-4,11-12H2,(H,27,31)/t17?,18?,19-,22-/m0/s1. The molecule has 1 saturated carbocycles. The molecule has 156 valence electrons. The maximum Gasteiger partial charge on any atom is 0.238 e. The maximum atomic E-state index is 12.6. The summed E-state index contributed by atoms with van der Waals surface area (Å²) >= 11 is 0. The van der Waals surface area contributed by atoms with Crippen LogP contribution >= 0.6 is 0 Å². The Morgan fingerprint density at radius 1 is 1.23 bits per heavy atom. The van der Waals surface area contributed by atoms with E-state index in [4.69, 9.17) is 0 Å². The predicted octanol–water partition coefficient (Wildman–Crippen LogP) is 2.02. The smallest absolute Gasteiger partial charge is 0.238 e. The van der Waals surface area contributed by atoms with Crippen molar-refractivity contribution >= 4 is 5.91 Å². The van der Waals surface area contributed by atoms with E-state index in [2.05, 4.69) is 32.0 Å². The molecule has 1 aliphatic carbocycles. The molecule has 2 aromatic heterocycles. The molecule has 2 fully saturated rings. The highest BCUT2D eigenvalue weighted by Crippen LogP contribution is 2.35. The highest BCUT2D eigenvalue weighted by Gasteiger charge is 2.43. The molecule has 31 heavy (non-hydrogen) atoms. The molecule has 8 nitrogen and oxygen atoms in total. The number of hydrogen-bond acceptors (Lipinski definition) is 6. The van der Waals surface area contributed by atoms with Crippen molar-refractivity contribution in [1.82, 2.24) is 30.6 Å². The molecule has 1 saturated heterocycles. The lowest BCUT2D eigenvalue weighted by atomic mass is 9.98. The van der Waals surface area contributed by atoms with E-state index in [1.807, 2.05) is 42.6 Å². The Hall–Kier alpha value is -3.57. The summed E-state index contributed by atoms with van der Waals surface area (Å²) in [4.78, 5) is 16.6. The van der Waals surface area contributed by atoms with E-state index < -0.39 is 6.04 Å². The zero-order valence-electron chi connectivity index (χ0n) is 17.0.